The molecule has 0 N–H and O–H groups in total. The number of unbranched alkanes of at least 4 members (excludes halogenated alkanes) is 1. The van der Waals surface area contributed by atoms with Crippen molar-refractivity contribution in [2.75, 3.05) is 0 Å². The van der Waals surface area contributed by atoms with Crippen molar-refractivity contribution in [2.24, 2.45) is 112 Å². The highest BCUT2D eigenvalue weighted by molar-refractivity contribution is 4.96. The van der Waals surface area contributed by atoms with Crippen molar-refractivity contribution in [2.45, 2.75) is 294 Å². The highest BCUT2D eigenvalue weighted by atomic mass is 14.5. The van der Waals surface area contributed by atoms with Crippen LogP contribution in [0.5, 0.6) is 0 Å². The van der Waals surface area contributed by atoms with Crippen molar-refractivity contribution in [3.8, 4) is 0 Å². The lowest BCUT2D eigenvalue weighted by molar-refractivity contribution is -0.0146. The Balaban J connectivity index is 0.000000837. The van der Waals surface area contributed by atoms with Crippen LogP contribution in [-0.2, 0) is 0 Å². The van der Waals surface area contributed by atoms with Gasteiger partial charge in [-0.15, -0.1) is 0 Å². The van der Waals surface area contributed by atoms with E-state index in [9.17, 15) is 0 Å². The fraction of sp³-hybridized carbons (Fsp3) is 1.00. The fourth-order valence-electron chi connectivity index (χ4n) is 13.2. The molecule has 2 bridgehead atoms. The topological polar surface area (TPSA) is 0 Å². The summed E-state index contributed by atoms with van der Waals surface area (Å²) >= 11 is 0. The van der Waals surface area contributed by atoms with E-state index in [0.717, 1.165) is 107 Å². The maximum atomic E-state index is 2.66. The summed E-state index contributed by atoms with van der Waals surface area (Å²) in [6.45, 7) is 47.9. The van der Waals surface area contributed by atoms with E-state index >= 15 is 0 Å². The van der Waals surface area contributed by atoms with Crippen LogP contribution in [0.1, 0.15) is 294 Å². The first kappa shape index (κ1) is 63.0. The van der Waals surface area contributed by atoms with E-state index < -0.39 is 0 Å². The lowest BCUT2D eigenvalue weighted by atomic mass is 9.53. The Bertz CT molecular complexity index is 1040. The minimum Gasteiger partial charge on any atom is -0.0776 e. The van der Waals surface area contributed by atoms with E-state index in [4.69, 9.17) is 0 Å². The first-order valence-electron chi connectivity index (χ1n) is 29.1. The molecule has 380 valence electrons. The first-order chi connectivity index (χ1) is 29.1. The van der Waals surface area contributed by atoms with E-state index in [2.05, 4.69) is 138 Å². The van der Waals surface area contributed by atoms with Gasteiger partial charge in [0, 0.05) is 0 Å². The van der Waals surface area contributed by atoms with Crippen molar-refractivity contribution in [1.82, 2.24) is 0 Å². The Morgan fingerprint density at radius 1 is 0.508 bits per heavy atom. The molecule has 63 heavy (non-hydrogen) atoms. The first-order valence-corrected chi connectivity index (χ1v) is 29.1. The van der Waals surface area contributed by atoms with Gasteiger partial charge in [-0.1, -0.05) is 217 Å². The molecule has 6 saturated carbocycles. The highest BCUT2D eigenvalue weighted by Crippen LogP contribution is 2.56. The predicted octanol–water partition coefficient (Wildman–Crippen LogP) is 22.1. The Kier molecular flexibility index (Phi) is 33.5. The minimum atomic E-state index is 0. The van der Waals surface area contributed by atoms with Crippen LogP contribution < -0.4 is 0 Å². The molecular formula is C63H128. The number of hydrogen-bond acceptors (Lipinski definition) is 0. The van der Waals surface area contributed by atoms with Gasteiger partial charge in [-0.2, -0.15) is 0 Å². The van der Waals surface area contributed by atoms with Gasteiger partial charge in [0.2, 0.25) is 0 Å². The minimum absolute atomic E-state index is 0. The van der Waals surface area contributed by atoms with Crippen molar-refractivity contribution in [3.63, 3.8) is 0 Å². The normalized spacial score (nSPS) is 33.3. The van der Waals surface area contributed by atoms with Crippen molar-refractivity contribution in [3.05, 3.63) is 0 Å². The number of hydrogen-bond donors (Lipinski definition) is 0. The summed E-state index contributed by atoms with van der Waals surface area (Å²) in [5.41, 5.74) is 0.654. The molecule has 6 fully saturated rings. The summed E-state index contributed by atoms with van der Waals surface area (Å²) in [5.74, 6) is 17.3. The molecule has 6 aliphatic rings. The van der Waals surface area contributed by atoms with Crippen LogP contribution in [0.4, 0.5) is 0 Å². The average molecular weight is 886 g/mol. The average Bonchev–Trinajstić information content (AvgIpc) is 3.63. The van der Waals surface area contributed by atoms with Crippen LogP contribution in [0, 0.1) is 112 Å². The largest absolute Gasteiger partial charge is 0.0776 e. The van der Waals surface area contributed by atoms with Gasteiger partial charge in [0.15, 0.2) is 0 Å². The van der Waals surface area contributed by atoms with E-state index in [0.29, 0.717) is 5.41 Å². The zero-order valence-corrected chi connectivity index (χ0v) is 47.2. The van der Waals surface area contributed by atoms with Crippen LogP contribution in [0.3, 0.4) is 0 Å². The third-order valence-corrected chi connectivity index (χ3v) is 19.2. The molecule has 0 aromatic rings. The van der Waals surface area contributed by atoms with Crippen LogP contribution in [0.25, 0.3) is 0 Å². The lowest BCUT2D eigenvalue weighted by Crippen LogP contribution is -2.42. The van der Waals surface area contributed by atoms with Gasteiger partial charge in [0.1, 0.15) is 0 Å². The van der Waals surface area contributed by atoms with Gasteiger partial charge in [0.05, 0.1) is 0 Å². The summed E-state index contributed by atoms with van der Waals surface area (Å²) in [5, 5.41) is 0. The number of fused-ring (bicyclic) bond motifs is 4. The van der Waals surface area contributed by atoms with E-state index in [1.807, 2.05) is 0 Å². The monoisotopic (exact) mass is 885 g/mol. The highest BCUT2D eigenvalue weighted by Gasteiger charge is 2.45. The van der Waals surface area contributed by atoms with Crippen molar-refractivity contribution < 1.29 is 0 Å². The zero-order chi connectivity index (χ0) is 47.2. The van der Waals surface area contributed by atoms with Crippen LogP contribution in [0.2, 0.25) is 0 Å². The summed E-state index contributed by atoms with van der Waals surface area (Å²) < 4.78 is 0. The molecule has 0 radical (unpaired) electrons. The molecule has 0 heteroatoms. The Hall–Kier alpha value is 0. The van der Waals surface area contributed by atoms with Gasteiger partial charge in [0.25, 0.3) is 0 Å². The standard InChI is InChI=1S/C24H46.C13H26.C12H24.C8H16.C5H12.CH4/c1-7-9-10-21(8-2)19(5)11-13-24(6)14-12-22(18(3)4)15-20-16-23(24)17-20;1-9(2)13-7-6-10(3)8-11(4)12(13)5;1-9(2)12-6-5-10(3)7-11(4)8-12;1-7(2)8-5-3-4-6-8;1-4-5(2)3;/h18-23H,7-17H2,1-6H3;9-13H,6-8H2,1-5H3;9-12H,5-8H2,1-4H3;7-8H,3-6H2,1-2H3;5H,4H2,1-3H3;1H4. The molecule has 0 amide bonds. The van der Waals surface area contributed by atoms with Crippen LogP contribution in [0.15, 0.2) is 0 Å². The molecule has 0 nitrogen and oxygen atoms in total. The molecule has 11 unspecified atom stereocenters. The molecule has 0 aromatic heterocycles. The van der Waals surface area contributed by atoms with E-state index in [1.54, 1.807) is 12.8 Å². The second-order valence-corrected chi connectivity index (χ2v) is 26.3. The molecule has 0 aliphatic heterocycles. The number of rotatable bonds is 13. The van der Waals surface area contributed by atoms with Gasteiger partial charge < -0.3 is 0 Å². The lowest BCUT2D eigenvalue weighted by Gasteiger charge is -2.52. The quantitative estimate of drug-likeness (QED) is 0.162. The second-order valence-electron chi connectivity index (χ2n) is 26.3. The molecule has 11 atom stereocenters. The van der Waals surface area contributed by atoms with Crippen molar-refractivity contribution in [1.29, 1.82) is 0 Å². The van der Waals surface area contributed by atoms with Gasteiger partial charge >= 0.3 is 0 Å². The van der Waals surface area contributed by atoms with Gasteiger partial charge in [-0.3, -0.25) is 0 Å². The van der Waals surface area contributed by atoms with E-state index in [1.165, 1.54) is 135 Å². The third-order valence-electron chi connectivity index (χ3n) is 19.2. The summed E-state index contributed by atoms with van der Waals surface area (Å²) in [6, 6.07) is 0. The fourth-order valence-corrected chi connectivity index (χ4v) is 13.2. The molecule has 6 rings (SSSR count). The molecule has 6 aliphatic carbocycles. The molecule has 0 saturated heterocycles. The van der Waals surface area contributed by atoms with Crippen molar-refractivity contribution >= 4 is 0 Å². The predicted molar refractivity (Wildman–Crippen MR) is 292 cm³/mol. The SMILES string of the molecule is C.CC(C)C1CCCC1.CC1CCC(C(C)C)C(C)C(C)C1.CC1CCC(C(C)C)CC(C)C1.CCC(C)C.CCCCC(CC)C(C)CCC1(C)CCC(C(C)C)CC2CC1C2. The van der Waals surface area contributed by atoms with Crippen LogP contribution >= 0.6 is 0 Å². The van der Waals surface area contributed by atoms with Gasteiger partial charge in [-0.25, -0.2) is 0 Å². The maximum absolute atomic E-state index is 2.66. The maximum Gasteiger partial charge on any atom is -0.0297 e. The molecule has 0 aromatic carbocycles. The zero-order valence-electron chi connectivity index (χ0n) is 47.2. The Morgan fingerprint density at radius 2 is 1.03 bits per heavy atom. The summed E-state index contributed by atoms with van der Waals surface area (Å²) in [7, 11) is 0. The second kappa shape index (κ2) is 33.5. The summed E-state index contributed by atoms with van der Waals surface area (Å²) in [6.07, 6.45) is 33.8. The smallest absolute Gasteiger partial charge is 0.0297 e. The van der Waals surface area contributed by atoms with E-state index in [-0.39, 0.29) is 7.43 Å². The van der Waals surface area contributed by atoms with Gasteiger partial charge in [-0.05, 0) is 189 Å². The summed E-state index contributed by atoms with van der Waals surface area (Å²) in [4.78, 5) is 0. The Morgan fingerprint density at radius 3 is 1.51 bits per heavy atom. The molecule has 0 spiro atoms. The van der Waals surface area contributed by atoms with Crippen LogP contribution in [-0.4, -0.2) is 0 Å². The third kappa shape index (κ3) is 24.7. The molecule has 0 heterocycles. The Labute approximate surface area is 403 Å². The molecular weight excluding hydrogens is 757 g/mol.